The topological polar surface area (TPSA) is 105 Å². The maximum absolute atomic E-state index is 11.2. The summed E-state index contributed by atoms with van der Waals surface area (Å²) in [6.07, 6.45) is 3.70. The van der Waals surface area contributed by atoms with Gasteiger partial charge >= 0.3 is 0 Å². The van der Waals surface area contributed by atoms with E-state index in [0.29, 0.717) is 0 Å². The lowest BCUT2D eigenvalue weighted by Gasteiger charge is -2.00. The average molecular weight is 227 g/mol. The summed E-state index contributed by atoms with van der Waals surface area (Å²) in [5.74, 6) is -0.630. The quantitative estimate of drug-likeness (QED) is 0.224. The van der Waals surface area contributed by atoms with Crippen LogP contribution in [0.5, 0.6) is 0 Å². The molecule has 0 aromatic heterocycles. The minimum Gasteiger partial charge on any atom is -0.410 e. The number of amides is 1. The number of carbonyl (C=O) groups is 1. The molecule has 0 heterocycles. The smallest absolute Gasteiger partial charge is 0.273 e. The number of rotatable bonds is 6. The number of nitrogens with zero attached hydrogens (tertiary/aromatic N) is 2. The molecule has 0 aliphatic carbocycles. The number of carbonyl (C=O) groups excluding carboxylic acids is 1. The first-order valence-electron chi connectivity index (χ1n) is 4.45. The third-order valence-electron chi connectivity index (χ3n) is 1.61. The lowest BCUT2D eigenvalue weighted by Crippen LogP contribution is -2.30. The first-order chi connectivity index (χ1) is 7.52. The Hall–Kier alpha value is -2.18. The minimum atomic E-state index is -0.955. The fraction of sp³-hybridized carbons (Fsp3) is 0.333. The zero-order valence-corrected chi connectivity index (χ0v) is 8.79. The molecule has 0 aliphatic rings. The van der Waals surface area contributed by atoms with Crippen LogP contribution in [-0.2, 0) is 4.79 Å². The van der Waals surface area contributed by atoms with Crippen LogP contribution in [0.15, 0.2) is 30.0 Å². The molecule has 16 heavy (non-hydrogen) atoms. The SMILES string of the molecule is C=CCNC(=O)/C(C=CC(C)[N+](=O)[O-])=N/O. The molecule has 7 nitrogen and oxygen atoms in total. The highest BCUT2D eigenvalue weighted by atomic mass is 16.6. The molecule has 0 rings (SSSR count). The predicted octanol–water partition coefficient (Wildman–Crippen LogP) is 0.340. The first kappa shape index (κ1) is 13.8. The Kier molecular flexibility index (Phi) is 6.18. The van der Waals surface area contributed by atoms with E-state index in [1.807, 2.05) is 0 Å². The largest absolute Gasteiger partial charge is 0.410 e. The van der Waals surface area contributed by atoms with Crippen LogP contribution in [0.25, 0.3) is 0 Å². The highest BCUT2D eigenvalue weighted by Gasteiger charge is 2.11. The number of oxime groups is 1. The van der Waals surface area contributed by atoms with E-state index in [1.54, 1.807) is 0 Å². The second-order valence-electron chi connectivity index (χ2n) is 2.87. The second kappa shape index (κ2) is 7.16. The molecule has 1 atom stereocenters. The molecule has 0 fully saturated rings. The van der Waals surface area contributed by atoms with E-state index >= 15 is 0 Å². The van der Waals surface area contributed by atoms with Crippen molar-refractivity contribution < 1.29 is 14.9 Å². The highest BCUT2D eigenvalue weighted by Crippen LogP contribution is 1.92. The van der Waals surface area contributed by atoms with Crippen molar-refractivity contribution in [2.75, 3.05) is 6.54 Å². The molecule has 0 aromatic carbocycles. The summed E-state index contributed by atoms with van der Waals surface area (Å²) in [6.45, 7) is 4.95. The van der Waals surface area contributed by atoms with Crippen molar-refractivity contribution in [2.24, 2.45) is 5.16 Å². The van der Waals surface area contributed by atoms with E-state index in [2.05, 4.69) is 17.1 Å². The second-order valence-corrected chi connectivity index (χ2v) is 2.87. The number of hydrogen-bond acceptors (Lipinski definition) is 5. The van der Waals surface area contributed by atoms with Gasteiger partial charge in [0.15, 0.2) is 5.71 Å². The van der Waals surface area contributed by atoms with Crippen molar-refractivity contribution in [3.8, 4) is 0 Å². The van der Waals surface area contributed by atoms with Gasteiger partial charge < -0.3 is 10.5 Å². The Labute approximate surface area is 92.3 Å². The van der Waals surface area contributed by atoms with Crippen molar-refractivity contribution >= 4 is 11.6 Å². The van der Waals surface area contributed by atoms with Crippen LogP contribution in [0, 0.1) is 10.1 Å². The molecule has 0 radical (unpaired) electrons. The van der Waals surface area contributed by atoms with Crippen LogP contribution in [0.4, 0.5) is 0 Å². The Bertz CT molecular complexity index is 336. The van der Waals surface area contributed by atoms with Gasteiger partial charge in [-0.25, -0.2) is 0 Å². The molecule has 88 valence electrons. The third-order valence-corrected chi connectivity index (χ3v) is 1.61. The van der Waals surface area contributed by atoms with E-state index in [0.717, 1.165) is 12.2 Å². The van der Waals surface area contributed by atoms with Gasteiger partial charge in [-0.05, 0) is 12.2 Å². The molecule has 0 bridgehead atoms. The maximum atomic E-state index is 11.2. The van der Waals surface area contributed by atoms with Crippen molar-refractivity contribution in [2.45, 2.75) is 13.0 Å². The lowest BCUT2D eigenvalue weighted by atomic mass is 10.2. The molecule has 1 unspecified atom stereocenters. The standard InChI is InChI=1S/C9H13N3O4/c1-3-6-10-9(13)8(11-14)5-4-7(2)12(15)16/h3-5,7,14H,1,6H2,2H3,(H,10,13)/b5-4?,11-8+. The van der Waals surface area contributed by atoms with Gasteiger partial charge in [-0.1, -0.05) is 11.2 Å². The van der Waals surface area contributed by atoms with Crippen molar-refractivity contribution in [3.05, 3.63) is 34.9 Å². The molecular formula is C9H13N3O4. The average Bonchev–Trinajstić information content (AvgIpc) is 2.26. The summed E-state index contributed by atoms with van der Waals surface area (Å²) in [5.41, 5.74) is -0.296. The van der Waals surface area contributed by atoms with Gasteiger partial charge in [0.05, 0.1) is 0 Å². The van der Waals surface area contributed by atoms with Crippen LogP contribution in [0.3, 0.4) is 0 Å². The molecule has 0 saturated heterocycles. The van der Waals surface area contributed by atoms with Gasteiger partial charge in [0, 0.05) is 18.4 Å². The van der Waals surface area contributed by atoms with Crippen LogP contribution in [0.1, 0.15) is 6.92 Å². The molecule has 1 amide bonds. The van der Waals surface area contributed by atoms with Crippen LogP contribution >= 0.6 is 0 Å². The molecule has 0 aliphatic heterocycles. The normalized spacial score (nSPS) is 13.4. The van der Waals surface area contributed by atoms with E-state index in [-0.39, 0.29) is 12.3 Å². The van der Waals surface area contributed by atoms with Crippen LogP contribution in [0.2, 0.25) is 0 Å². The molecular weight excluding hydrogens is 214 g/mol. The van der Waals surface area contributed by atoms with Gasteiger partial charge in [-0.2, -0.15) is 0 Å². The Balaban J connectivity index is 4.47. The lowest BCUT2D eigenvalue weighted by molar-refractivity contribution is -0.504. The van der Waals surface area contributed by atoms with Crippen molar-refractivity contribution in [3.63, 3.8) is 0 Å². The third kappa shape index (κ3) is 4.89. The first-order valence-corrected chi connectivity index (χ1v) is 4.45. The minimum absolute atomic E-state index is 0.219. The monoisotopic (exact) mass is 227 g/mol. The molecule has 0 saturated carbocycles. The molecule has 0 spiro atoms. The molecule has 2 N–H and O–H groups in total. The van der Waals surface area contributed by atoms with Crippen LogP contribution < -0.4 is 5.32 Å². The van der Waals surface area contributed by atoms with Crippen molar-refractivity contribution in [1.82, 2.24) is 5.32 Å². The van der Waals surface area contributed by atoms with Crippen molar-refractivity contribution in [1.29, 1.82) is 0 Å². The maximum Gasteiger partial charge on any atom is 0.273 e. The van der Waals surface area contributed by atoms with Gasteiger partial charge in [-0.3, -0.25) is 14.9 Å². The molecule has 0 aromatic rings. The summed E-state index contributed by atoms with van der Waals surface area (Å²) in [6, 6.07) is -0.955. The Morgan fingerprint density at radius 2 is 2.38 bits per heavy atom. The number of nitrogens with one attached hydrogen (secondary N) is 1. The van der Waals surface area contributed by atoms with E-state index in [9.17, 15) is 14.9 Å². The van der Waals surface area contributed by atoms with Gasteiger partial charge in [0.1, 0.15) is 0 Å². The van der Waals surface area contributed by atoms with Gasteiger partial charge in [0.25, 0.3) is 5.91 Å². The summed E-state index contributed by atoms with van der Waals surface area (Å²) >= 11 is 0. The summed E-state index contributed by atoms with van der Waals surface area (Å²) in [7, 11) is 0. The van der Waals surface area contributed by atoms with E-state index in [1.165, 1.54) is 13.0 Å². The van der Waals surface area contributed by atoms with E-state index in [4.69, 9.17) is 5.21 Å². The fourth-order valence-electron chi connectivity index (χ4n) is 0.711. The summed E-state index contributed by atoms with van der Waals surface area (Å²) in [5, 5.41) is 23.9. The predicted molar refractivity (Wildman–Crippen MR) is 58.0 cm³/mol. The zero-order chi connectivity index (χ0) is 12.6. The van der Waals surface area contributed by atoms with Crippen LogP contribution in [-0.4, -0.2) is 34.3 Å². The number of nitro groups is 1. The van der Waals surface area contributed by atoms with Gasteiger partial charge in [0.2, 0.25) is 6.04 Å². The Morgan fingerprint density at radius 3 is 2.81 bits per heavy atom. The molecule has 7 heteroatoms. The van der Waals surface area contributed by atoms with Gasteiger partial charge in [-0.15, -0.1) is 6.58 Å². The summed E-state index contributed by atoms with van der Waals surface area (Å²) in [4.78, 5) is 21.0. The fourth-order valence-corrected chi connectivity index (χ4v) is 0.711. The highest BCUT2D eigenvalue weighted by molar-refractivity contribution is 6.43. The Morgan fingerprint density at radius 1 is 1.75 bits per heavy atom. The zero-order valence-electron chi connectivity index (χ0n) is 8.79. The number of hydrogen-bond donors (Lipinski definition) is 2. The summed E-state index contributed by atoms with van der Waals surface area (Å²) < 4.78 is 0. The van der Waals surface area contributed by atoms with E-state index < -0.39 is 16.9 Å².